The average Bonchev–Trinajstić information content (AvgIpc) is 2.86. The van der Waals surface area contributed by atoms with Crippen LogP contribution in [0.3, 0.4) is 0 Å². The van der Waals surface area contributed by atoms with Crippen LogP contribution in [0.15, 0.2) is 18.2 Å². The standard InChI is InChI=1S/C29H41NO6/c1-3-34-23-11-7-10-21-26-22(28(2,36-27(21)23)15-14-25(32)33)16-29(19-35-26)17-30(18-29)24(31)13-12-20-8-5-4-6-9-20/h7,10-11,20,22,26H,3-6,8-9,12-19H2,1-2H3,(H,32,33)/t22-,26+,28-/m0/s1. The Morgan fingerprint density at radius 1 is 1.17 bits per heavy atom. The molecule has 7 nitrogen and oxygen atoms in total. The molecule has 2 saturated heterocycles. The number of hydrogen-bond acceptors (Lipinski definition) is 5. The first-order valence-electron chi connectivity index (χ1n) is 13.9. The molecule has 0 radical (unpaired) electrons. The predicted octanol–water partition coefficient (Wildman–Crippen LogP) is 5.37. The molecule has 0 bridgehead atoms. The summed E-state index contributed by atoms with van der Waals surface area (Å²) in [4.78, 5) is 26.4. The van der Waals surface area contributed by atoms with Gasteiger partial charge < -0.3 is 24.2 Å². The summed E-state index contributed by atoms with van der Waals surface area (Å²) in [6.07, 6.45) is 9.29. The van der Waals surface area contributed by atoms with Crippen LogP contribution in [0.1, 0.15) is 89.7 Å². The lowest BCUT2D eigenvalue weighted by Gasteiger charge is -2.59. The lowest BCUT2D eigenvalue weighted by Crippen LogP contribution is -2.65. The van der Waals surface area contributed by atoms with Gasteiger partial charge in [-0.25, -0.2) is 0 Å². The number of aliphatic carboxylic acids is 1. The van der Waals surface area contributed by atoms with Crippen molar-refractivity contribution in [2.75, 3.05) is 26.3 Å². The Balaban J connectivity index is 1.29. The summed E-state index contributed by atoms with van der Waals surface area (Å²) in [5.41, 5.74) is 0.209. The number of carboxylic acids is 1. The van der Waals surface area contributed by atoms with Gasteiger partial charge in [0.15, 0.2) is 11.5 Å². The zero-order chi connectivity index (χ0) is 25.3. The van der Waals surface area contributed by atoms with Crippen molar-refractivity contribution in [3.63, 3.8) is 0 Å². The molecule has 7 heteroatoms. The quantitative estimate of drug-likeness (QED) is 0.518. The van der Waals surface area contributed by atoms with Crippen LogP contribution in [-0.2, 0) is 14.3 Å². The topological polar surface area (TPSA) is 85.3 Å². The van der Waals surface area contributed by atoms with E-state index in [-0.39, 0.29) is 29.8 Å². The molecule has 1 aromatic carbocycles. The molecule has 1 amide bonds. The average molecular weight is 500 g/mol. The number of ether oxygens (including phenoxy) is 3. The van der Waals surface area contributed by atoms with E-state index < -0.39 is 11.6 Å². The van der Waals surface area contributed by atoms with E-state index in [1.54, 1.807) is 0 Å². The highest BCUT2D eigenvalue weighted by atomic mass is 16.5. The lowest BCUT2D eigenvalue weighted by atomic mass is 9.63. The van der Waals surface area contributed by atoms with Crippen LogP contribution in [0.4, 0.5) is 0 Å². The fourth-order valence-electron chi connectivity index (χ4n) is 7.02. The number of carboxylic acid groups (broad SMARTS) is 1. The molecule has 3 fully saturated rings. The molecule has 1 spiro atoms. The summed E-state index contributed by atoms with van der Waals surface area (Å²) in [6, 6.07) is 5.90. The smallest absolute Gasteiger partial charge is 0.303 e. The maximum Gasteiger partial charge on any atom is 0.303 e. The molecule has 0 unspecified atom stereocenters. The SMILES string of the molecule is CCOc1cccc2c1O[C@@](C)(CCC(=O)O)[C@H]1CC3(CO[C@H]21)CN(C(=O)CCC1CCCCC1)C3. The molecule has 1 N–H and O–H groups in total. The molecular weight excluding hydrogens is 458 g/mol. The van der Waals surface area contributed by atoms with Gasteiger partial charge in [-0.1, -0.05) is 44.2 Å². The fraction of sp³-hybridized carbons (Fsp3) is 0.724. The zero-order valence-corrected chi connectivity index (χ0v) is 21.8. The van der Waals surface area contributed by atoms with Crippen LogP contribution in [-0.4, -0.2) is 53.8 Å². The largest absolute Gasteiger partial charge is 0.490 e. The van der Waals surface area contributed by atoms with Crippen molar-refractivity contribution in [2.45, 2.75) is 89.8 Å². The van der Waals surface area contributed by atoms with Crippen molar-refractivity contribution in [1.29, 1.82) is 0 Å². The zero-order valence-electron chi connectivity index (χ0n) is 21.8. The van der Waals surface area contributed by atoms with E-state index in [0.717, 1.165) is 31.5 Å². The van der Waals surface area contributed by atoms with Crippen LogP contribution in [0.2, 0.25) is 0 Å². The van der Waals surface area contributed by atoms with E-state index in [2.05, 4.69) is 0 Å². The number of benzene rings is 1. The molecule has 4 aliphatic rings. The predicted molar refractivity (Wildman–Crippen MR) is 135 cm³/mol. The summed E-state index contributed by atoms with van der Waals surface area (Å²) in [6.45, 7) is 6.53. The van der Waals surface area contributed by atoms with Crippen molar-refractivity contribution < 1.29 is 28.9 Å². The van der Waals surface area contributed by atoms with Crippen molar-refractivity contribution in [3.8, 4) is 11.5 Å². The molecule has 1 aliphatic carbocycles. The van der Waals surface area contributed by atoms with Crippen LogP contribution < -0.4 is 9.47 Å². The monoisotopic (exact) mass is 499 g/mol. The fourth-order valence-corrected chi connectivity index (χ4v) is 7.02. The third-order valence-corrected chi connectivity index (χ3v) is 9.05. The number of carbonyl (C=O) groups excluding carboxylic acids is 1. The molecule has 1 aromatic rings. The Kier molecular flexibility index (Phi) is 7.21. The number of para-hydroxylation sites is 1. The Morgan fingerprint density at radius 2 is 1.94 bits per heavy atom. The minimum atomic E-state index is -0.829. The van der Waals surface area contributed by atoms with Gasteiger partial charge in [-0.3, -0.25) is 9.59 Å². The second kappa shape index (κ2) is 10.2. The maximum absolute atomic E-state index is 12.9. The van der Waals surface area contributed by atoms with E-state index in [9.17, 15) is 14.7 Å². The van der Waals surface area contributed by atoms with E-state index in [1.807, 2.05) is 36.9 Å². The van der Waals surface area contributed by atoms with Crippen molar-refractivity contribution in [2.24, 2.45) is 17.3 Å². The molecule has 198 valence electrons. The van der Waals surface area contributed by atoms with E-state index in [1.165, 1.54) is 32.1 Å². The maximum atomic E-state index is 12.9. The Labute approximate surface area is 214 Å². The molecule has 36 heavy (non-hydrogen) atoms. The molecule has 3 heterocycles. The first-order chi connectivity index (χ1) is 17.3. The Hall–Kier alpha value is -2.28. The third kappa shape index (κ3) is 4.96. The number of hydrogen-bond donors (Lipinski definition) is 1. The molecule has 0 aromatic heterocycles. The number of fused-ring (bicyclic) bond motifs is 3. The van der Waals surface area contributed by atoms with Crippen molar-refractivity contribution in [1.82, 2.24) is 4.90 Å². The second-order valence-electron chi connectivity index (χ2n) is 11.8. The minimum absolute atomic E-state index is 0.00877. The van der Waals surface area contributed by atoms with Gasteiger partial charge in [0, 0.05) is 42.8 Å². The molecule has 3 aliphatic heterocycles. The highest BCUT2D eigenvalue weighted by Crippen LogP contribution is 2.58. The number of likely N-dealkylation sites (tertiary alicyclic amines) is 1. The van der Waals surface area contributed by atoms with Gasteiger partial charge >= 0.3 is 5.97 Å². The van der Waals surface area contributed by atoms with Gasteiger partial charge in [-0.05, 0) is 45.1 Å². The molecule has 3 atom stereocenters. The highest BCUT2D eigenvalue weighted by molar-refractivity contribution is 5.77. The van der Waals surface area contributed by atoms with Crippen LogP contribution in [0, 0.1) is 17.3 Å². The molecule has 5 rings (SSSR count). The lowest BCUT2D eigenvalue weighted by molar-refractivity contribution is -0.206. The highest BCUT2D eigenvalue weighted by Gasteiger charge is 2.58. The van der Waals surface area contributed by atoms with Crippen LogP contribution in [0.5, 0.6) is 11.5 Å². The summed E-state index contributed by atoms with van der Waals surface area (Å²) in [7, 11) is 0. The van der Waals surface area contributed by atoms with Gasteiger partial charge in [-0.15, -0.1) is 0 Å². The molecular formula is C29H41NO6. The van der Waals surface area contributed by atoms with Crippen molar-refractivity contribution >= 4 is 11.9 Å². The first-order valence-corrected chi connectivity index (χ1v) is 13.9. The van der Waals surface area contributed by atoms with E-state index in [4.69, 9.17) is 14.2 Å². The summed E-state index contributed by atoms with van der Waals surface area (Å²) in [5, 5.41) is 9.43. The van der Waals surface area contributed by atoms with E-state index in [0.29, 0.717) is 43.5 Å². The van der Waals surface area contributed by atoms with Crippen LogP contribution >= 0.6 is 0 Å². The molecule has 1 saturated carbocycles. The second-order valence-corrected chi connectivity index (χ2v) is 11.8. The summed E-state index contributed by atoms with van der Waals surface area (Å²) < 4.78 is 19.0. The number of rotatable bonds is 8. The summed E-state index contributed by atoms with van der Waals surface area (Å²) >= 11 is 0. The summed E-state index contributed by atoms with van der Waals surface area (Å²) in [5.74, 6) is 1.52. The normalized spacial score (nSPS) is 29.0. The Morgan fingerprint density at radius 3 is 2.67 bits per heavy atom. The Bertz CT molecular complexity index is 967. The van der Waals surface area contributed by atoms with Crippen molar-refractivity contribution in [3.05, 3.63) is 23.8 Å². The number of carbonyl (C=O) groups is 2. The third-order valence-electron chi connectivity index (χ3n) is 9.05. The van der Waals surface area contributed by atoms with Gasteiger partial charge in [0.05, 0.1) is 19.3 Å². The van der Waals surface area contributed by atoms with Gasteiger partial charge in [0.2, 0.25) is 5.91 Å². The minimum Gasteiger partial charge on any atom is -0.490 e. The van der Waals surface area contributed by atoms with Gasteiger partial charge in [0.25, 0.3) is 0 Å². The number of amides is 1. The van der Waals surface area contributed by atoms with E-state index >= 15 is 0 Å². The van der Waals surface area contributed by atoms with Crippen LogP contribution in [0.25, 0.3) is 0 Å². The van der Waals surface area contributed by atoms with Gasteiger partial charge in [0.1, 0.15) is 5.60 Å². The van der Waals surface area contributed by atoms with Gasteiger partial charge in [-0.2, -0.15) is 0 Å². The first kappa shape index (κ1) is 25.4. The number of nitrogens with zero attached hydrogens (tertiary/aromatic N) is 1.